The van der Waals surface area contributed by atoms with Crippen LogP contribution in [0.15, 0.2) is 84.0 Å². The molecule has 0 saturated carbocycles. The fourth-order valence-corrected chi connectivity index (χ4v) is 4.79. The second kappa shape index (κ2) is 6.49. The van der Waals surface area contributed by atoms with E-state index in [4.69, 9.17) is 0 Å². The van der Waals surface area contributed by atoms with Crippen molar-refractivity contribution >= 4 is 28.4 Å². The average Bonchev–Trinajstić information content (AvgIpc) is 3.28. The van der Waals surface area contributed by atoms with Gasteiger partial charge in [-0.1, -0.05) is 72.4 Å². The molecule has 2 aliphatic rings. The van der Waals surface area contributed by atoms with E-state index in [2.05, 4.69) is 10.5 Å². The minimum atomic E-state index is -0.970. The van der Waals surface area contributed by atoms with Crippen LogP contribution in [0.4, 0.5) is 10.1 Å². The zero-order valence-electron chi connectivity index (χ0n) is 14.8. The smallest absolute Gasteiger partial charge is 0.270 e. The molecule has 0 fully saturated rings. The van der Waals surface area contributed by atoms with Gasteiger partial charge in [0.1, 0.15) is 10.9 Å². The molecule has 28 heavy (non-hydrogen) atoms. The Hall–Kier alpha value is -3.12. The van der Waals surface area contributed by atoms with Crippen LogP contribution in [0.25, 0.3) is 0 Å². The van der Waals surface area contributed by atoms with Crippen LogP contribution in [0, 0.1) is 5.82 Å². The van der Waals surface area contributed by atoms with Crippen LogP contribution in [0.2, 0.25) is 0 Å². The van der Waals surface area contributed by atoms with Crippen LogP contribution in [-0.2, 0) is 16.2 Å². The summed E-state index contributed by atoms with van der Waals surface area (Å²) >= 11 is 1.43. The van der Waals surface area contributed by atoms with Crippen LogP contribution < -0.4 is 10.3 Å². The van der Waals surface area contributed by atoms with E-state index in [-0.39, 0.29) is 11.7 Å². The Morgan fingerprint density at radius 3 is 2.46 bits per heavy atom. The number of benzene rings is 3. The zero-order chi connectivity index (χ0) is 19.1. The molecule has 0 radical (unpaired) electrons. The summed E-state index contributed by atoms with van der Waals surface area (Å²) in [6, 6.07) is 23.8. The van der Waals surface area contributed by atoms with Crippen LogP contribution in [-0.4, -0.2) is 11.0 Å². The van der Waals surface area contributed by atoms with Gasteiger partial charge in [-0.2, -0.15) is 5.10 Å². The number of thioether (sulfide) groups is 1. The SMILES string of the molecule is O=C1N(Cc2ccc(F)cc2)c2ccccc2[C@@]12NN=C(c1ccccc1)S2. The third kappa shape index (κ3) is 2.60. The van der Waals surface area contributed by atoms with Gasteiger partial charge in [-0.25, -0.2) is 4.39 Å². The van der Waals surface area contributed by atoms with Crippen molar-refractivity contribution < 1.29 is 9.18 Å². The van der Waals surface area contributed by atoms with E-state index in [1.165, 1.54) is 23.9 Å². The number of fused-ring (bicyclic) bond motifs is 2. The second-order valence-corrected chi connectivity index (χ2v) is 7.92. The summed E-state index contributed by atoms with van der Waals surface area (Å²) in [6.45, 7) is 0.376. The molecule has 3 aromatic carbocycles. The highest BCUT2D eigenvalue weighted by molar-refractivity contribution is 8.16. The fourth-order valence-electron chi connectivity index (χ4n) is 3.58. The monoisotopic (exact) mass is 389 g/mol. The molecular formula is C22H16FN3OS. The summed E-state index contributed by atoms with van der Waals surface area (Å²) < 4.78 is 13.3. The number of hydrogen-bond donors (Lipinski definition) is 1. The van der Waals surface area contributed by atoms with Gasteiger partial charge >= 0.3 is 0 Å². The van der Waals surface area contributed by atoms with Gasteiger partial charge in [0.15, 0.2) is 0 Å². The topological polar surface area (TPSA) is 44.7 Å². The Kier molecular flexibility index (Phi) is 3.94. The van der Waals surface area contributed by atoms with Crippen LogP contribution >= 0.6 is 11.8 Å². The number of hydrogen-bond acceptors (Lipinski definition) is 4. The van der Waals surface area contributed by atoms with Crippen LogP contribution in [0.1, 0.15) is 16.7 Å². The van der Waals surface area contributed by atoms with Crippen molar-refractivity contribution in [2.24, 2.45) is 5.10 Å². The lowest BCUT2D eigenvalue weighted by Crippen LogP contribution is -2.44. The molecule has 4 nitrogen and oxygen atoms in total. The van der Waals surface area contributed by atoms with Gasteiger partial charge in [-0.15, -0.1) is 0 Å². The maximum Gasteiger partial charge on any atom is 0.270 e. The number of nitrogens with zero attached hydrogens (tertiary/aromatic N) is 2. The summed E-state index contributed by atoms with van der Waals surface area (Å²) in [6.07, 6.45) is 0. The number of carbonyl (C=O) groups is 1. The highest BCUT2D eigenvalue weighted by atomic mass is 32.2. The standard InChI is InChI=1S/C22H16FN3OS/c23-17-12-10-15(11-13-17)14-26-19-9-5-4-8-18(19)22(21(26)27)25-24-20(28-22)16-6-2-1-3-7-16/h1-13,25H,14H2/t22-/m0/s1. The van der Waals surface area contributed by atoms with E-state index < -0.39 is 4.87 Å². The fraction of sp³-hybridized carbons (Fsp3) is 0.0909. The van der Waals surface area contributed by atoms with E-state index in [1.54, 1.807) is 17.0 Å². The van der Waals surface area contributed by atoms with Gasteiger partial charge in [-0.05, 0) is 23.8 Å². The summed E-state index contributed by atoms with van der Waals surface area (Å²) in [5.41, 5.74) is 6.69. The lowest BCUT2D eigenvalue weighted by molar-refractivity contribution is -0.121. The Bertz CT molecular complexity index is 1080. The van der Waals surface area contributed by atoms with E-state index in [9.17, 15) is 9.18 Å². The highest BCUT2D eigenvalue weighted by Gasteiger charge is 2.55. The number of anilines is 1. The van der Waals surface area contributed by atoms with E-state index in [0.29, 0.717) is 6.54 Å². The molecule has 0 aromatic heterocycles. The molecule has 0 aliphatic carbocycles. The van der Waals surface area contributed by atoms with Gasteiger partial charge in [0.25, 0.3) is 5.91 Å². The first-order chi connectivity index (χ1) is 13.7. The number of hydrazone groups is 1. The molecule has 1 atom stereocenters. The molecule has 5 rings (SSSR count). The zero-order valence-corrected chi connectivity index (χ0v) is 15.6. The van der Waals surface area contributed by atoms with E-state index in [0.717, 1.165) is 27.4 Å². The highest BCUT2D eigenvalue weighted by Crippen LogP contribution is 2.50. The first-order valence-electron chi connectivity index (χ1n) is 8.92. The minimum absolute atomic E-state index is 0.0716. The lowest BCUT2D eigenvalue weighted by atomic mass is 10.1. The normalized spacial score (nSPS) is 20.2. The van der Waals surface area contributed by atoms with Gasteiger partial charge in [-0.3, -0.25) is 10.2 Å². The van der Waals surface area contributed by atoms with Gasteiger partial charge in [0.2, 0.25) is 4.87 Å². The molecule has 2 aliphatic heterocycles. The Morgan fingerprint density at radius 2 is 1.68 bits per heavy atom. The maximum atomic E-state index is 13.5. The average molecular weight is 389 g/mol. The van der Waals surface area contributed by atoms with Gasteiger partial charge in [0.05, 0.1) is 12.2 Å². The molecule has 1 spiro atoms. The quantitative estimate of drug-likeness (QED) is 0.729. The summed E-state index contributed by atoms with van der Waals surface area (Å²) in [5, 5.41) is 5.26. The van der Waals surface area contributed by atoms with E-state index in [1.807, 2.05) is 54.6 Å². The Labute approximate surface area is 166 Å². The molecule has 1 amide bonds. The predicted molar refractivity (Wildman–Crippen MR) is 109 cm³/mol. The number of halogens is 1. The lowest BCUT2D eigenvalue weighted by Gasteiger charge is -2.22. The van der Waals surface area contributed by atoms with Gasteiger partial charge in [0, 0.05) is 11.1 Å². The molecule has 138 valence electrons. The first kappa shape index (κ1) is 17.0. The predicted octanol–water partition coefficient (Wildman–Crippen LogP) is 4.22. The molecular weight excluding hydrogens is 373 g/mol. The Morgan fingerprint density at radius 1 is 0.964 bits per heavy atom. The summed E-state index contributed by atoms with van der Waals surface area (Å²) in [5.74, 6) is -0.361. The minimum Gasteiger partial charge on any atom is -0.304 e. The van der Waals surface area contributed by atoms with Crippen molar-refractivity contribution in [1.82, 2.24) is 5.43 Å². The number of para-hydroxylation sites is 1. The molecule has 0 saturated heterocycles. The van der Waals surface area contributed by atoms with Gasteiger partial charge < -0.3 is 4.90 Å². The summed E-state index contributed by atoms with van der Waals surface area (Å²) in [7, 11) is 0. The molecule has 2 heterocycles. The van der Waals surface area contributed by atoms with Crippen LogP contribution in [0.3, 0.4) is 0 Å². The number of rotatable bonds is 3. The van der Waals surface area contributed by atoms with Crippen molar-refractivity contribution in [2.75, 3.05) is 4.90 Å². The van der Waals surface area contributed by atoms with Crippen molar-refractivity contribution in [3.63, 3.8) is 0 Å². The molecule has 0 bridgehead atoms. The number of carbonyl (C=O) groups excluding carboxylic acids is 1. The third-order valence-corrected chi connectivity index (χ3v) is 6.27. The Balaban J connectivity index is 1.51. The summed E-state index contributed by atoms with van der Waals surface area (Å²) in [4.78, 5) is 14.3. The second-order valence-electron chi connectivity index (χ2n) is 6.71. The molecule has 0 unspecified atom stereocenters. The molecule has 6 heteroatoms. The van der Waals surface area contributed by atoms with Crippen molar-refractivity contribution in [3.8, 4) is 0 Å². The van der Waals surface area contributed by atoms with Crippen molar-refractivity contribution in [2.45, 2.75) is 11.4 Å². The first-order valence-corrected chi connectivity index (χ1v) is 9.74. The number of amides is 1. The largest absolute Gasteiger partial charge is 0.304 e. The van der Waals surface area contributed by atoms with E-state index >= 15 is 0 Å². The number of nitrogens with one attached hydrogen (secondary N) is 1. The van der Waals surface area contributed by atoms with Crippen molar-refractivity contribution in [3.05, 3.63) is 101 Å². The maximum absolute atomic E-state index is 13.5. The van der Waals surface area contributed by atoms with Crippen molar-refractivity contribution in [1.29, 1.82) is 0 Å². The van der Waals surface area contributed by atoms with Crippen LogP contribution in [0.5, 0.6) is 0 Å². The third-order valence-electron chi connectivity index (χ3n) is 4.96. The molecule has 1 N–H and O–H groups in total. The molecule has 3 aromatic rings.